The second-order valence-electron chi connectivity index (χ2n) is 10.4. The van der Waals surface area contributed by atoms with Gasteiger partial charge in [0.2, 0.25) is 0 Å². The van der Waals surface area contributed by atoms with Crippen molar-refractivity contribution in [1.82, 2.24) is 10.2 Å². The molecule has 2 atom stereocenters. The topological polar surface area (TPSA) is 24.5 Å². The molecule has 0 aromatic heterocycles. The molecule has 1 N–H and O–H groups in total. The number of hydrogen-bond acceptors (Lipinski definition) is 3. The highest BCUT2D eigenvalue weighted by Gasteiger charge is 2.46. The zero-order valence-electron chi connectivity index (χ0n) is 20.2. The Hall–Kier alpha value is -2.62. The summed E-state index contributed by atoms with van der Waals surface area (Å²) < 4.78 is 5.83. The zero-order chi connectivity index (χ0) is 22.9. The van der Waals surface area contributed by atoms with Crippen LogP contribution in [0.4, 0.5) is 0 Å². The van der Waals surface area contributed by atoms with Gasteiger partial charge in [-0.1, -0.05) is 66.7 Å². The molecule has 0 radical (unpaired) electrons. The van der Waals surface area contributed by atoms with Crippen LogP contribution in [0, 0.1) is 5.92 Å². The average molecular weight is 453 g/mol. The van der Waals surface area contributed by atoms with Crippen LogP contribution in [0.5, 0.6) is 5.75 Å². The van der Waals surface area contributed by atoms with E-state index < -0.39 is 0 Å². The number of rotatable bonds is 7. The van der Waals surface area contributed by atoms with Gasteiger partial charge in [-0.25, -0.2) is 0 Å². The highest BCUT2D eigenvalue weighted by atomic mass is 16.5. The standard InChI is InChI=1S/C31H36N2O/c1-34-28-20-26-14-8-13-25(26)19-27(28)21-32-30-24-15-17-33(18-16-24)31(30)29(22-9-4-2-5-10-22)23-11-6-3-7-12-23/h2-7,9-12,19-20,24,29-32H,8,13-18,21H2,1H3/t30-,31+/m0/s1. The Kier molecular flexibility index (Phi) is 6.15. The molecule has 34 heavy (non-hydrogen) atoms. The van der Waals surface area contributed by atoms with Gasteiger partial charge < -0.3 is 10.1 Å². The lowest BCUT2D eigenvalue weighted by molar-refractivity contribution is 0.00462. The summed E-state index contributed by atoms with van der Waals surface area (Å²) in [5, 5.41) is 4.08. The van der Waals surface area contributed by atoms with Crippen molar-refractivity contribution in [1.29, 1.82) is 0 Å². The van der Waals surface area contributed by atoms with E-state index in [1.54, 1.807) is 0 Å². The number of nitrogens with one attached hydrogen (secondary N) is 1. The molecule has 3 aromatic rings. The van der Waals surface area contributed by atoms with Crippen LogP contribution in [0.2, 0.25) is 0 Å². The number of aryl methyl sites for hydroxylation is 2. The monoisotopic (exact) mass is 452 g/mol. The summed E-state index contributed by atoms with van der Waals surface area (Å²) >= 11 is 0. The van der Waals surface area contributed by atoms with E-state index in [1.807, 2.05) is 7.11 Å². The average Bonchev–Trinajstić information content (AvgIpc) is 3.37. The smallest absolute Gasteiger partial charge is 0.123 e. The summed E-state index contributed by atoms with van der Waals surface area (Å²) in [6.07, 6.45) is 6.26. The van der Waals surface area contributed by atoms with Crippen molar-refractivity contribution < 1.29 is 4.74 Å². The van der Waals surface area contributed by atoms with Crippen molar-refractivity contribution >= 4 is 0 Å². The van der Waals surface area contributed by atoms with Crippen LogP contribution < -0.4 is 10.1 Å². The van der Waals surface area contributed by atoms with E-state index >= 15 is 0 Å². The number of ether oxygens (including phenoxy) is 1. The van der Waals surface area contributed by atoms with E-state index in [0.717, 1.165) is 18.2 Å². The molecule has 3 nitrogen and oxygen atoms in total. The fraction of sp³-hybridized carbons (Fsp3) is 0.419. The molecule has 176 valence electrons. The number of benzene rings is 3. The van der Waals surface area contributed by atoms with Gasteiger partial charge in [-0.3, -0.25) is 4.90 Å². The van der Waals surface area contributed by atoms with E-state index in [0.29, 0.717) is 18.0 Å². The Bertz CT molecular complexity index is 1070. The molecule has 7 rings (SSSR count). The molecule has 0 unspecified atom stereocenters. The quantitative estimate of drug-likeness (QED) is 0.507. The number of hydrogen-bond donors (Lipinski definition) is 1. The summed E-state index contributed by atoms with van der Waals surface area (Å²) in [6, 6.07) is 28.0. The molecule has 3 aromatic carbocycles. The van der Waals surface area contributed by atoms with Crippen molar-refractivity contribution in [3.63, 3.8) is 0 Å². The van der Waals surface area contributed by atoms with Gasteiger partial charge in [-0.05, 0) is 79.4 Å². The fourth-order valence-corrected chi connectivity index (χ4v) is 6.90. The molecule has 0 amide bonds. The minimum atomic E-state index is 0.366. The number of piperidine rings is 3. The van der Waals surface area contributed by atoms with Crippen LogP contribution >= 0.6 is 0 Å². The number of nitrogens with zero attached hydrogens (tertiary/aromatic N) is 1. The van der Waals surface area contributed by atoms with Crippen LogP contribution in [0.25, 0.3) is 0 Å². The number of methoxy groups -OCH3 is 1. The predicted octanol–water partition coefficient (Wildman–Crippen LogP) is 5.57. The molecule has 3 fully saturated rings. The first-order chi connectivity index (χ1) is 16.8. The summed E-state index contributed by atoms with van der Waals surface area (Å²) in [7, 11) is 1.82. The van der Waals surface area contributed by atoms with Crippen molar-refractivity contribution in [2.45, 2.75) is 56.7 Å². The van der Waals surface area contributed by atoms with Crippen LogP contribution in [0.1, 0.15) is 53.0 Å². The van der Waals surface area contributed by atoms with E-state index in [9.17, 15) is 0 Å². The van der Waals surface area contributed by atoms with Gasteiger partial charge in [0.25, 0.3) is 0 Å². The van der Waals surface area contributed by atoms with Crippen LogP contribution in [0.3, 0.4) is 0 Å². The van der Waals surface area contributed by atoms with Crippen molar-refractivity contribution in [3.8, 4) is 5.75 Å². The zero-order valence-corrected chi connectivity index (χ0v) is 20.2. The highest BCUT2D eigenvalue weighted by Crippen LogP contribution is 2.42. The Morgan fingerprint density at radius 3 is 2.12 bits per heavy atom. The minimum Gasteiger partial charge on any atom is -0.496 e. The molecular weight excluding hydrogens is 416 g/mol. The Morgan fingerprint density at radius 2 is 1.50 bits per heavy atom. The van der Waals surface area contributed by atoms with E-state index in [1.165, 1.54) is 73.0 Å². The Balaban J connectivity index is 1.33. The molecule has 1 aliphatic carbocycles. The van der Waals surface area contributed by atoms with Crippen LogP contribution in [0.15, 0.2) is 72.8 Å². The van der Waals surface area contributed by atoms with Gasteiger partial charge in [0.1, 0.15) is 5.75 Å². The second-order valence-corrected chi connectivity index (χ2v) is 10.4. The van der Waals surface area contributed by atoms with E-state index in [-0.39, 0.29) is 0 Å². The van der Waals surface area contributed by atoms with Crippen molar-refractivity contribution in [2.24, 2.45) is 5.92 Å². The van der Waals surface area contributed by atoms with E-state index in [2.05, 4.69) is 83.0 Å². The molecule has 3 saturated heterocycles. The SMILES string of the molecule is COc1cc2c(cc1CN[C@H]1C3CCN(CC3)[C@@H]1C(c1ccccc1)c1ccccc1)CCC2. The molecule has 2 bridgehead atoms. The molecule has 3 aliphatic heterocycles. The first kappa shape index (κ1) is 21.9. The number of fused-ring (bicyclic) bond motifs is 4. The van der Waals surface area contributed by atoms with Crippen LogP contribution in [-0.4, -0.2) is 37.2 Å². The summed E-state index contributed by atoms with van der Waals surface area (Å²) in [4.78, 5) is 2.77. The molecule has 0 spiro atoms. The predicted molar refractivity (Wildman–Crippen MR) is 138 cm³/mol. The first-order valence-corrected chi connectivity index (χ1v) is 13.1. The third kappa shape index (κ3) is 4.06. The second kappa shape index (κ2) is 9.56. The van der Waals surface area contributed by atoms with Gasteiger partial charge in [-0.2, -0.15) is 0 Å². The Morgan fingerprint density at radius 1 is 0.882 bits per heavy atom. The van der Waals surface area contributed by atoms with Gasteiger partial charge in [0.15, 0.2) is 0 Å². The third-order valence-electron chi connectivity index (χ3n) is 8.55. The molecule has 3 heterocycles. The third-order valence-corrected chi connectivity index (χ3v) is 8.55. The molecule has 4 aliphatic rings. The first-order valence-electron chi connectivity index (χ1n) is 13.1. The van der Waals surface area contributed by atoms with E-state index in [4.69, 9.17) is 4.74 Å². The van der Waals surface area contributed by atoms with Gasteiger partial charge in [0.05, 0.1) is 7.11 Å². The fourth-order valence-electron chi connectivity index (χ4n) is 6.90. The largest absolute Gasteiger partial charge is 0.496 e. The Labute approximate surface area is 204 Å². The molecule has 0 saturated carbocycles. The minimum absolute atomic E-state index is 0.366. The van der Waals surface area contributed by atoms with Gasteiger partial charge in [0, 0.05) is 30.1 Å². The maximum absolute atomic E-state index is 5.83. The summed E-state index contributed by atoms with van der Waals surface area (Å²) in [5.74, 6) is 2.14. The highest BCUT2D eigenvalue weighted by molar-refractivity contribution is 5.45. The summed E-state index contributed by atoms with van der Waals surface area (Å²) in [5.41, 5.74) is 7.17. The maximum Gasteiger partial charge on any atom is 0.123 e. The van der Waals surface area contributed by atoms with Gasteiger partial charge in [-0.15, -0.1) is 0 Å². The van der Waals surface area contributed by atoms with Crippen molar-refractivity contribution in [3.05, 3.63) is 101 Å². The molecular formula is C31H36N2O. The van der Waals surface area contributed by atoms with Gasteiger partial charge >= 0.3 is 0 Å². The maximum atomic E-state index is 5.83. The molecule has 3 heteroatoms. The summed E-state index contributed by atoms with van der Waals surface area (Å²) in [6.45, 7) is 3.30. The normalized spacial score (nSPS) is 25.5. The lowest BCUT2D eigenvalue weighted by atomic mass is 9.70. The van der Waals surface area contributed by atoms with Crippen LogP contribution in [-0.2, 0) is 19.4 Å². The lowest BCUT2D eigenvalue weighted by Crippen LogP contribution is -2.64. The van der Waals surface area contributed by atoms with Crippen molar-refractivity contribution in [2.75, 3.05) is 20.2 Å². The lowest BCUT2D eigenvalue weighted by Gasteiger charge is -2.54.